The summed E-state index contributed by atoms with van der Waals surface area (Å²) < 4.78 is 10.7. The van der Waals surface area contributed by atoms with E-state index in [0.717, 1.165) is 88.2 Å². The third-order valence-corrected chi connectivity index (χ3v) is 9.56. The second kappa shape index (κ2) is 10.2. The molecule has 0 N–H and O–H groups in total. The zero-order valence-corrected chi connectivity index (χ0v) is 25.9. The van der Waals surface area contributed by atoms with Gasteiger partial charge < -0.3 is 13.6 Å². The molecule has 4 heterocycles. The van der Waals surface area contributed by atoms with E-state index in [2.05, 4.69) is 80.7 Å². The molecule has 0 fully saturated rings. The van der Waals surface area contributed by atoms with Gasteiger partial charge in [-0.2, -0.15) is 5.26 Å². The van der Waals surface area contributed by atoms with Crippen molar-refractivity contribution in [2.24, 2.45) is 0 Å². The first-order valence-corrected chi connectivity index (χ1v) is 16.0. The molecule has 0 spiro atoms. The molecule has 0 radical (unpaired) electrons. The fourth-order valence-electron chi connectivity index (χ4n) is 7.51. The Morgan fingerprint density at radius 1 is 0.592 bits per heavy atom. The maximum atomic E-state index is 9.61. The molecule has 0 aliphatic rings. The van der Waals surface area contributed by atoms with Crippen molar-refractivity contribution in [2.45, 2.75) is 0 Å². The predicted molar refractivity (Wildman–Crippen MR) is 197 cm³/mol. The average molecular weight is 626 g/mol. The number of hydrogen-bond acceptors (Lipinski definition) is 3. The van der Waals surface area contributed by atoms with Crippen LogP contribution in [0.25, 0.3) is 93.0 Å². The molecule has 0 unspecified atom stereocenters. The molecule has 226 valence electrons. The number of benzene rings is 6. The van der Waals surface area contributed by atoms with Crippen molar-refractivity contribution < 1.29 is 4.42 Å². The van der Waals surface area contributed by atoms with Crippen LogP contribution in [0.1, 0.15) is 5.56 Å². The number of hydrogen-bond donors (Lipinski definition) is 0. The molecule has 4 aromatic heterocycles. The highest BCUT2D eigenvalue weighted by atomic mass is 16.3. The third kappa shape index (κ3) is 3.89. The minimum Gasteiger partial charge on any atom is -0.456 e. The Bertz CT molecular complexity index is 3090. The number of nitriles is 1. The number of furan rings is 1. The van der Waals surface area contributed by atoms with E-state index in [-0.39, 0.29) is 0 Å². The minimum atomic E-state index is 0.549. The Balaban J connectivity index is 1.20. The number of rotatable bonds is 3. The zero-order valence-electron chi connectivity index (χ0n) is 25.9. The minimum absolute atomic E-state index is 0.549. The maximum absolute atomic E-state index is 9.61. The lowest BCUT2D eigenvalue weighted by Gasteiger charge is -2.13. The summed E-state index contributed by atoms with van der Waals surface area (Å²) >= 11 is 0. The van der Waals surface area contributed by atoms with Crippen LogP contribution in [0.2, 0.25) is 0 Å². The molecule has 0 bridgehead atoms. The number of nitrogens with zero attached hydrogens (tertiary/aromatic N) is 5. The molecule has 6 nitrogen and oxygen atoms in total. The van der Waals surface area contributed by atoms with Crippen LogP contribution >= 0.6 is 0 Å². The molecule has 49 heavy (non-hydrogen) atoms. The zero-order chi connectivity index (χ0) is 32.6. The summed E-state index contributed by atoms with van der Waals surface area (Å²) in [6.45, 7) is 8.01. The largest absolute Gasteiger partial charge is 0.456 e. The van der Waals surface area contributed by atoms with Crippen molar-refractivity contribution in [2.75, 3.05) is 0 Å². The van der Waals surface area contributed by atoms with Crippen molar-refractivity contribution >= 4 is 71.4 Å². The highest BCUT2D eigenvalue weighted by Gasteiger charge is 2.20. The molecular weight excluding hydrogens is 603 g/mol. The van der Waals surface area contributed by atoms with Crippen LogP contribution in [-0.4, -0.2) is 14.1 Å². The highest BCUT2D eigenvalue weighted by Crippen LogP contribution is 2.41. The highest BCUT2D eigenvalue weighted by molar-refractivity contribution is 6.26. The quantitative estimate of drug-likeness (QED) is 0.184. The Hall–Kier alpha value is -7.15. The molecule has 0 saturated heterocycles. The van der Waals surface area contributed by atoms with Crippen LogP contribution in [0.15, 0.2) is 144 Å². The second-order valence-electron chi connectivity index (χ2n) is 12.2. The Labute approximate surface area is 279 Å². The van der Waals surface area contributed by atoms with E-state index in [4.69, 9.17) is 16.0 Å². The van der Waals surface area contributed by atoms with Crippen LogP contribution in [-0.2, 0) is 0 Å². The number of para-hydroxylation sites is 2. The first-order chi connectivity index (χ1) is 24.2. The molecule has 0 saturated carbocycles. The summed E-state index contributed by atoms with van der Waals surface area (Å²) in [6.07, 6.45) is 1.84. The summed E-state index contributed by atoms with van der Waals surface area (Å²) in [4.78, 5) is 8.77. The van der Waals surface area contributed by atoms with Crippen molar-refractivity contribution in [3.05, 3.63) is 157 Å². The fraction of sp³-hybridized carbons (Fsp3) is 0. The fourth-order valence-corrected chi connectivity index (χ4v) is 7.51. The monoisotopic (exact) mass is 625 g/mol. The van der Waals surface area contributed by atoms with Crippen LogP contribution in [0.3, 0.4) is 0 Å². The normalized spacial score (nSPS) is 11.6. The number of aromatic nitrogens is 3. The Morgan fingerprint density at radius 3 is 2.27 bits per heavy atom. The van der Waals surface area contributed by atoms with Gasteiger partial charge in [0.05, 0.1) is 45.8 Å². The Kier molecular flexibility index (Phi) is 5.61. The first-order valence-electron chi connectivity index (χ1n) is 16.0. The molecule has 0 aliphatic carbocycles. The average Bonchev–Trinajstić information content (AvgIpc) is 3.82. The molecule has 0 atom stereocenters. The van der Waals surface area contributed by atoms with E-state index in [0.29, 0.717) is 11.3 Å². The van der Waals surface area contributed by atoms with Crippen molar-refractivity contribution in [1.29, 1.82) is 5.26 Å². The van der Waals surface area contributed by atoms with Gasteiger partial charge in [-0.25, -0.2) is 4.85 Å². The first kappa shape index (κ1) is 27.0. The van der Waals surface area contributed by atoms with Gasteiger partial charge in [0.15, 0.2) is 5.69 Å². The molecule has 6 aromatic carbocycles. The van der Waals surface area contributed by atoms with Gasteiger partial charge in [-0.05, 0) is 96.1 Å². The van der Waals surface area contributed by atoms with Crippen molar-refractivity contribution in [3.63, 3.8) is 0 Å². The van der Waals surface area contributed by atoms with E-state index in [1.54, 1.807) is 0 Å². The molecule has 0 amide bonds. The van der Waals surface area contributed by atoms with Gasteiger partial charge in [-0.1, -0.05) is 48.5 Å². The van der Waals surface area contributed by atoms with E-state index in [9.17, 15) is 5.26 Å². The van der Waals surface area contributed by atoms with Gasteiger partial charge in [-0.15, -0.1) is 0 Å². The molecule has 0 aliphatic heterocycles. The lowest BCUT2D eigenvalue weighted by atomic mass is 10.0. The SMILES string of the molecule is [C-]#[N+]c1cc(-c2cccc(-n3c4cccnc4c4c5c(ccc43)oc3ccccc35)c2)cc(-n2c3ccccc3c3cc(C#N)ccc32)c1. The molecule has 10 rings (SSSR count). The van der Waals surface area contributed by atoms with E-state index >= 15 is 0 Å². The van der Waals surface area contributed by atoms with Crippen molar-refractivity contribution in [1.82, 2.24) is 14.1 Å². The van der Waals surface area contributed by atoms with Gasteiger partial charge in [0, 0.05) is 44.5 Å². The van der Waals surface area contributed by atoms with Crippen LogP contribution in [0, 0.1) is 17.9 Å². The molecule has 6 heteroatoms. The summed E-state index contributed by atoms with van der Waals surface area (Å²) in [5.74, 6) is 0. The van der Waals surface area contributed by atoms with Crippen molar-refractivity contribution in [3.8, 4) is 28.6 Å². The number of fused-ring (bicyclic) bond motifs is 10. The Morgan fingerprint density at radius 2 is 1.37 bits per heavy atom. The second-order valence-corrected chi connectivity index (χ2v) is 12.2. The summed E-state index contributed by atoms with van der Waals surface area (Å²) in [5, 5.41) is 14.9. The van der Waals surface area contributed by atoms with Gasteiger partial charge in [0.2, 0.25) is 0 Å². The standard InChI is InChI=1S/C43H23N5O/c1-45-29-21-28(23-31(24-29)48-35-12-4-2-10-32(35)34-20-26(25-44)15-16-36(34)48)27-8-6-9-30(22-27)47-37-17-18-40-41(33-11-3-5-14-39(33)49-40)42(37)43-38(47)13-7-19-46-43/h2-24H. The van der Waals surface area contributed by atoms with E-state index in [1.807, 2.05) is 79.0 Å². The van der Waals surface area contributed by atoms with Crippen LogP contribution in [0.4, 0.5) is 5.69 Å². The van der Waals surface area contributed by atoms with Crippen LogP contribution in [0.5, 0.6) is 0 Å². The summed E-state index contributed by atoms with van der Waals surface area (Å²) in [7, 11) is 0. The molecular formula is C43H23N5O. The maximum Gasteiger partial charge on any atom is 0.189 e. The summed E-state index contributed by atoms with van der Waals surface area (Å²) in [5.41, 5.74) is 11.6. The van der Waals surface area contributed by atoms with Gasteiger partial charge in [-0.3, -0.25) is 4.98 Å². The van der Waals surface area contributed by atoms with Gasteiger partial charge in [0.25, 0.3) is 0 Å². The van der Waals surface area contributed by atoms with Gasteiger partial charge >= 0.3 is 0 Å². The summed E-state index contributed by atoms with van der Waals surface area (Å²) in [6, 6.07) is 47.2. The predicted octanol–water partition coefficient (Wildman–Crippen LogP) is 11.3. The third-order valence-electron chi connectivity index (χ3n) is 9.56. The molecule has 10 aromatic rings. The van der Waals surface area contributed by atoms with E-state index in [1.165, 1.54) is 0 Å². The number of pyridine rings is 1. The van der Waals surface area contributed by atoms with Crippen LogP contribution < -0.4 is 0 Å². The lowest BCUT2D eigenvalue weighted by Crippen LogP contribution is -1.96. The lowest BCUT2D eigenvalue weighted by molar-refractivity contribution is 0.669. The van der Waals surface area contributed by atoms with E-state index < -0.39 is 0 Å². The smallest absolute Gasteiger partial charge is 0.189 e. The van der Waals surface area contributed by atoms with Gasteiger partial charge in [0.1, 0.15) is 11.2 Å². The topological polar surface area (TPSA) is 64.0 Å².